The summed E-state index contributed by atoms with van der Waals surface area (Å²) in [5.41, 5.74) is 0.792. The van der Waals surface area contributed by atoms with Gasteiger partial charge in [-0.25, -0.2) is 4.79 Å². The van der Waals surface area contributed by atoms with Crippen LogP contribution >= 0.6 is 15.9 Å². The fraction of sp³-hybridized carbons (Fsp3) is 0.429. The van der Waals surface area contributed by atoms with Crippen LogP contribution in [0.3, 0.4) is 0 Å². The van der Waals surface area contributed by atoms with Crippen molar-refractivity contribution in [2.24, 2.45) is 0 Å². The molecule has 1 saturated heterocycles. The van der Waals surface area contributed by atoms with Crippen LogP contribution in [0.4, 0.5) is 0 Å². The zero-order valence-corrected chi connectivity index (χ0v) is 12.2. The highest BCUT2D eigenvalue weighted by molar-refractivity contribution is 9.10. The molecule has 1 amide bonds. The molecule has 0 spiro atoms. The van der Waals surface area contributed by atoms with E-state index in [-0.39, 0.29) is 18.6 Å². The lowest BCUT2D eigenvalue weighted by molar-refractivity contribution is -0.174. The van der Waals surface area contributed by atoms with Crippen LogP contribution in [-0.2, 0) is 14.3 Å². The molecule has 2 aliphatic rings. The Morgan fingerprint density at radius 2 is 1.95 bits per heavy atom. The Labute approximate surface area is 124 Å². The predicted molar refractivity (Wildman–Crippen MR) is 74.1 cm³/mol. The van der Waals surface area contributed by atoms with Crippen LogP contribution in [-0.4, -0.2) is 40.6 Å². The molecule has 1 saturated carbocycles. The van der Waals surface area contributed by atoms with Crippen molar-refractivity contribution in [2.45, 2.75) is 31.0 Å². The molecule has 0 radical (unpaired) electrons. The molecule has 0 aromatic heterocycles. The molecule has 6 heteroatoms. The van der Waals surface area contributed by atoms with Gasteiger partial charge in [-0.2, -0.15) is 0 Å². The summed E-state index contributed by atoms with van der Waals surface area (Å²) in [5.74, 6) is -1.16. The van der Waals surface area contributed by atoms with Crippen molar-refractivity contribution in [2.75, 3.05) is 6.61 Å². The highest BCUT2D eigenvalue weighted by atomic mass is 79.9. The number of carboxylic acid groups (broad SMARTS) is 1. The van der Waals surface area contributed by atoms with Gasteiger partial charge >= 0.3 is 5.97 Å². The van der Waals surface area contributed by atoms with Crippen LogP contribution < -0.4 is 0 Å². The third-order valence-electron chi connectivity index (χ3n) is 3.66. The first-order valence-corrected chi connectivity index (χ1v) is 7.28. The topological polar surface area (TPSA) is 66.8 Å². The van der Waals surface area contributed by atoms with Gasteiger partial charge in [-0.15, -0.1) is 0 Å². The predicted octanol–water partition coefficient (Wildman–Crippen LogP) is 1.96. The average Bonchev–Trinajstić information content (AvgIpc) is 3.23. The number of carbonyl (C=O) groups excluding carboxylic acids is 1. The molecule has 1 aromatic carbocycles. The Hall–Kier alpha value is -1.40. The Morgan fingerprint density at radius 3 is 2.50 bits per heavy atom. The summed E-state index contributed by atoms with van der Waals surface area (Å²) in [4.78, 5) is 25.2. The molecule has 2 fully saturated rings. The second kappa shape index (κ2) is 5.18. The second-order valence-electron chi connectivity index (χ2n) is 5.10. The van der Waals surface area contributed by atoms with Crippen molar-refractivity contribution >= 4 is 27.8 Å². The molecule has 1 heterocycles. The van der Waals surface area contributed by atoms with Crippen LogP contribution in [0.2, 0.25) is 0 Å². The number of hydrogen-bond donors (Lipinski definition) is 1. The molecule has 0 bridgehead atoms. The number of halogens is 1. The summed E-state index contributed by atoms with van der Waals surface area (Å²) in [6.07, 6.45) is 0.866. The molecule has 2 atom stereocenters. The average molecular weight is 340 g/mol. The van der Waals surface area contributed by atoms with Crippen molar-refractivity contribution < 1.29 is 19.4 Å². The Bertz CT molecular complexity index is 541. The summed E-state index contributed by atoms with van der Waals surface area (Å²) in [6, 6.07) is 6.97. The number of morpholine rings is 1. The van der Waals surface area contributed by atoms with Gasteiger partial charge in [0.1, 0.15) is 6.61 Å². The molecule has 20 heavy (non-hydrogen) atoms. The maximum Gasteiger partial charge on any atom is 0.335 e. The minimum atomic E-state index is -1.03. The van der Waals surface area contributed by atoms with E-state index in [0.29, 0.717) is 0 Å². The first-order chi connectivity index (χ1) is 9.58. The highest BCUT2D eigenvalue weighted by Crippen LogP contribution is 2.39. The lowest BCUT2D eigenvalue weighted by atomic mass is 9.97. The maximum atomic E-state index is 12.1. The molecule has 1 aliphatic carbocycles. The smallest absolute Gasteiger partial charge is 0.335 e. The monoisotopic (exact) mass is 339 g/mol. The van der Waals surface area contributed by atoms with E-state index in [4.69, 9.17) is 4.74 Å². The molecular weight excluding hydrogens is 326 g/mol. The lowest BCUT2D eigenvalue weighted by Crippen LogP contribution is -2.52. The number of hydrogen-bond acceptors (Lipinski definition) is 3. The van der Waals surface area contributed by atoms with E-state index < -0.39 is 18.1 Å². The van der Waals surface area contributed by atoms with E-state index in [1.54, 1.807) is 4.90 Å². The van der Waals surface area contributed by atoms with Gasteiger partial charge < -0.3 is 14.7 Å². The van der Waals surface area contributed by atoms with E-state index >= 15 is 0 Å². The fourth-order valence-corrected chi connectivity index (χ4v) is 2.88. The van der Waals surface area contributed by atoms with Gasteiger partial charge in [-0.3, -0.25) is 4.79 Å². The number of carboxylic acids is 1. The number of aliphatic carboxylic acids is 1. The third kappa shape index (κ3) is 2.45. The molecule has 3 rings (SSSR count). The first kappa shape index (κ1) is 13.6. The Kier molecular flexibility index (Phi) is 3.52. The first-order valence-electron chi connectivity index (χ1n) is 6.49. The number of amides is 1. The van der Waals surface area contributed by atoms with Crippen LogP contribution in [0, 0.1) is 0 Å². The van der Waals surface area contributed by atoms with Crippen molar-refractivity contribution in [3.05, 3.63) is 34.3 Å². The Balaban J connectivity index is 2.00. The fourth-order valence-electron chi connectivity index (χ4n) is 2.61. The number of carbonyl (C=O) groups is 2. The largest absolute Gasteiger partial charge is 0.479 e. The van der Waals surface area contributed by atoms with Gasteiger partial charge in [0, 0.05) is 10.5 Å². The number of nitrogens with zero attached hydrogens (tertiary/aromatic N) is 1. The van der Waals surface area contributed by atoms with Crippen molar-refractivity contribution in [1.29, 1.82) is 0 Å². The number of ether oxygens (including phenoxy) is 1. The number of benzene rings is 1. The van der Waals surface area contributed by atoms with E-state index in [2.05, 4.69) is 15.9 Å². The maximum absolute atomic E-state index is 12.1. The minimum absolute atomic E-state index is 0.127. The van der Waals surface area contributed by atoms with E-state index in [9.17, 15) is 14.7 Å². The van der Waals surface area contributed by atoms with Gasteiger partial charge in [0.25, 0.3) is 0 Å². The van der Waals surface area contributed by atoms with Gasteiger partial charge in [-0.05, 0) is 30.5 Å². The van der Waals surface area contributed by atoms with E-state index in [1.165, 1.54) is 0 Å². The summed E-state index contributed by atoms with van der Waals surface area (Å²) in [5, 5.41) is 9.36. The lowest BCUT2D eigenvalue weighted by Gasteiger charge is -2.39. The Morgan fingerprint density at radius 1 is 1.30 bits per heavy atom. The third-order valence-corrected chi connectivity index (χ3v) is 4.18. The number of rotatable bonds is 3. The summed E-state index contributed by atoms with van der Waals surface area (Å²) in [6.45, 7) is -0.152. The van der Waals surface area contributed by atoms with Gasteiger partial charge in [0.05, 0.1) is 6.04 Å². The standard InChI is InChI=1S/C14H14BrNO4/c15-9-3-1-8(2-4-9)12-13(14(18)19)20-7-11(17)16(12)10-5-6-10/h1-4,10,12-13H,5-7H2,(H,18,19). The zero-order valence-electron chi connectivity index (χ0n) is 10.7. The summed E-state index contributed by atoms with van der Waals surface area (Å²) < 4.78 is 6.17. The van der Waals surface area contributed by atoms with Crippen molar-refractivity contribution in [3.63, 3.8) is 0 Å². The molecule has 2 unspecified atom stereocenters. The molecule has 5 nitrogen and oxygen atoms in total. The van der Waals surface area contributed by atoms with E-state index in [0.717, 1.165) is 22.9 Å². The van der Waals surface area contributed by atoms with Gasteiger partial charge in [-0.1, -0.05) is 28.1 Å². The van der Waals surface area contributed by atoms with E-state index in [1.807, 2.05) is 24.3 Å². The van der Waals surface area contributed by atoms with Crippen LogP contribution in [0.1, 0.15) is 24.4 Å². The molecule has 1 N–H and O–H groups in total. The summed E-state index contributed by atoms with van der Waals surface area (Å²) >= 11 is 3.35. The van der Waals surface area contributed by atoms with Crippen LogP contribution in [0.5, 0.6) is 0 Å². The van der Waals surface area contributed by atoms with Crippen LogP contribution in [0.15, 0.2) is 28.7 Å². The zero-order chi connectivity index (χ0) is 14.3. The highest BCUT2D eigenvalue weighted by Gasteiger charge is 2.47. The minimum Gasteiger partial charge on any atom is -0.479 e. The van der Waals surface area contributed by atoms with Gasteiger partial charge in [0.15, 0.2) is 6.10 Å². The second-order valence-corrected chi connectivity index (χ2v) is 6.01. The normalized spacial score (nSPS) is 26.6. The SMILES string of the molecule is O=C(O)C1OCC(=O)N(C2CC2)C1c1ccc(Br)cc1. The van der Waals surface area contributed by atoms with Crippen LogP contribution in [0.25, 0.3) is 0 Å². The van der Waals surface area contributed by atoms with Gasteiger partial charge in [0.2, 0.25) is 5.91 Å². The van der Waals surface area contributed by atoms with Crippen molar-refractivity contribution in [3.8, 4) is 0 Å². The summed E-state index contributed by atoms with van der Waals surface area (Å²) in [7, 11) is 0. The molecule has 1 aromatic rings. The molecular formula is C14H14BrNO4. The van der Waals surface area contributed by atoms with Crippen molar-refractivity contribution in [1.82, 2.24) is 4.90 Å². The quantitative estimate of drug-likeness (QED) is 0.914. The molecule has 106 valence electrons. The molecule has 1 aliphatic heterocycles.